The molecule has 0 radical (unpaired) electrons. The fraction of sp³-hybridized carbons (Fsp3) is 0. The number of fused-ring (bicyclic) bond motifs is 4. The first-order valence-electron chi connectivity index (χ1n) is 19.7. The Kier molecular flexibility index (Phi) is 7.96. The van der Waals surface area contributed by atoms with Crippen LogP contribution in [0.3, 0.4) is 0 Å². The quantitative estimate of drug-likeness (QED) is 0.158. The van der Waals surface area contributed by atoms with Crippen LogP contribution in [0.5, 0.6) is 0 Å². The molecule has 0 aliphatic carbocycles. The van der Waals surface area contributed by atoms with Gasteiger partial charge in [0.15, 0.2) is 0 Å². The van der Waals surface area contributed by atoms with E-state index in [1.807, 2.05) is 0 Å². The highest BCUT2D eigenvalue weighted by Crippen LogP contribution is 2.49. The van der Waals surface area contributed by atoms with Gasteiger partial charge in [-0.2, -0.15) is 0 Å². The summed E-state index contributed by atoms with van der Waals surface area (Å²) in [6, 6.07) is 82.1. The van der Waals surface area contributed by atoms with Gasteiger partial charge in [-0.1, -0.05) is 176 Å². The summed E-state index contributed by atoms with van der Waals surface area (Å²) in [5.41, 5.74) is 20.5. The molecular formula is C54H37BN2. The highest BCUT2D eigenvalue weighted by molar-refractivity contribution is 7.00. The number of hydrogen-bond donors (Lipinski definition) is 0. The van der Waals surface area contributed by atoms with Crippen molar-refractivity contribution in [3.63, 3.8) is 0 Å². The highest BCUT2D eigenvalue weighted by atomic mass is 15.2. The molecule has 0 saturated carbocycles. The average Bonchev–Trinajstić information content (AvgIpc) is 3.30. The van der Waals surface area contributed by atoms with Gasteiger partial charge in [-0.15, -0.1) is 0 Å². The van der Waals surface area contributed by atoms with Gasteiger partial charge in [0.2, 0.25) is 0 Å². The zero-order valence-electron chi connectivity index (χ0n) is 31.3. The lowest BCUT2D eigenvalue weighted by molar-refractivity contribution is 1.25. The van der Waals surface area contributed by atoms with E-state index in [1.165, 1.54) is 83.6 Å². The summed E-state index contributed by atoms with van der Waals surface area (Å²) in [5.74, 6) is 0. The van der Waals surface area contributed by atoms with Crippen LogP contribution in [0.1, 0.15) is 0 Å². The maximum Gasteiger partial charge on any atom is 0.252 e. The van der Waals surface area contributed by atoms with E-state index in [1.54, 1.807) is 0 Å². The number of nitrogens with zero attached hydrogens (tertiary/aromatic N) is 2. The van der Waals surface area contributed by atoms with Gasteiger partial charge in [-0.25, -0.2) is 0 Å². The Morgan fingerprint density at radius 2 is 0.667 bits per heavy atom. The Labute approximate surface area is 334 Å². The summed E-state index contributed by atoms with van der Waals surface area (Å²) in [5, 5.41) is 0. The average molecular weight is 725 g/mol. The Bertz CT molecular complexity index is 2830. The Hall–Kier alpha value is -7.36. The first kappa shape index (κ1) is 33.0. The predicted molar refractivity (Wildman–Crippen MR) is 242 cm³/mol. The molecule has 0 atom stereocenters. The molecule has 2 nitrogen and oxygen atoms in total. The molecule has 57 heavy (non-hydrogen) atoms. The Morgan fingerprint density at radius 1 is 0.281 bits per heavy atom. The molecule has 2 aliphatic heterocycles. The Balaban J connectivity index is 1.27. The van der Waals surface area contributed by atoms with E-state index < -0.39 is 0 Å². The van der Waals surface area contributed by atoms with E-state index in [2.05, 4.69) is 234 Å². The van der Waals surface area contributed by atoms with Crippen molar-refractivity contribution in [2.24, 2.45) is 0 Å². The second-order valence-electron chi connectivity index (χ2n) is 14.9. The summed E-state index contributed by atoms with van der Waals surface area (Å²) < 4.78 is 0. The standard InChI is InChI=1S/C54H37BN2/c1-6-20-38(21-7-1)42-34-51-54-52(35-42)57(50-33-19-17-31-48(50)55(54)47-30-16-18-32-49(47)56(51)43-28-14-5-15-29-43)44-36-45(39-22-8-2-9-23-39)53(41-26-12-4-13-27-41)46(37-44)40-24-10-3-11-25-40/h1-37H. The van der Waals surface area contributed by atoms with Crippen LogP contribution in [0.2, 0.25) is 0 Å². The van der Waals surface area contributed by atoms with Gasteiger partial charge >= 0.3 is 0 Å². The minimum absolute atomic E-state index is 0.0502. The van der Waals surface area contributed by atoms with Gasteiger partial charge in [0.25, 0.3) is 6.71 Å². The number of anilines is 6. The normalized spacial score (nSPS) is 12.5. The number of rotatable bonds is 6. The molecule has 266 valence electrons. The van der Waals surface area contributed by atoms with Crippen molar-refractivity contribution in [1.82, 2.24) is 0 Å². The molecule has 0 bridgehead atoms. The molecule has 9 aromatic rings. The summed E-state index contributed by atoms with van der Waals surface area (Å²) in [4.78, 5) is 5.02. The van der Waals surface area contributed by atoms with E-state index in [9.17, 15) is 0 Å². The molecule has 0 aromatic heterocycles. The summed E-state index contributed by atoms with van der Waals surface area (Å²) in [7, 11) is 0. The monoisotopic (exact) mass is 724 g/mol. The molecule has 3 heteroatoms. The van der Waals surface area contributed by atoms with Gasteiger partial charge < -0.3 is 9.80 Å². The van der Waals surface area contributed by atoms with Gasteiger partial charge in [-0.3, -0.25) is 0 Å². The van der Waals surface area contributed by atoms with Gasteiger partial charge in [0.1, 0.15) is 0 Å². The van der Waals surface area contributed by atoms with Crippen LogP contribution in [0.25, 0.3) is 44.5 Å². The van der Waals surface area contributed by atoms with Crippen molar-refractivity contribution < 1.29 is 0 Å². The molecule has 0 N–H and O–H groups in total. The Morgan fingerprint density at radius 3 is 1.16 bits per heavy atom. The van der Waals surface area contributed by atoms with Crippen molar-refractivity contribution in [2.75, 3.05) is 9.80 Å². The fourth-order valence-electron chi connectivity index (χ4n) is 9.19. The minimum Gasteiger partial charge on any atom is -0.311 e. The maximum absolute atomic E-state index is 2.54. The second-order valence-corrected chi connectivity index (χ2v) is 14.9. The third-order valence-corrected chi connectivity index (χ3v) is 11.6. The molecule has 0 amide bonds. The van der Waals surface area contributed by atoms with E-state index in [4.69, 9.17) is 0 Å². The molecule has 9 aromatic carbocycles. The minimum atomic E-state index is 0.0502. The van der Waals surface area contributed by atoms with Crippen molar-refractivity contribution >= 4 is 57.2 Å². The van der Waals surface area contributed by atoms with Crippen molar-refractivity contribution in [3.05, 3.63) is 224 Å². The van der Waals surface area contributed by atoms with E-state index in [0.717, 1.165) is 11.4 Å². The molecule has 0 saturated heterocycles. The summed E-state index contributed by atoms with van der Waals surface area (Å²) >= 11 is 0. The largest absolute Gasteiger partial charge is 0.311 e. The third-order valence-electron chi connectivity index (χ3n) is 11.6. The zero-order chi connectivity index (χ0) is 37.7. The van der Waals surface area contributed by atoms with E-state index in [0.29, 0.717) is 0 Å². The molecular weight excluding hydrogens is 687 g/mol. The second kappa shape index (κ2) is 13.7. The maximum atomic E-state index is 2.54. The smallest absolute Gasteiger partial charge is 0.252 e. The molecule has 0 spiro atoms. The lowest BCUT2D eigenvalue weighted by atomic mass is 9.33. The predicted octanol–water partition coefficient (Wildman–Crippen LogP) is 12.4. The van der Waals surface area contributed by atoms with Crippen LogP contribution in [0.15, 0.2) is 224 Å². The third kappa shape index (κ3) is 5.51. The van der Waals surface area contributed by atoms with Crippen LogP contribution in [-0.4, -0.2) is 6.71 Å². The van der Waals surface area contributed by atoms with Gasteiger partial charge in [0.05, 0.1) is 0 Å². The number of benzene rings is 9. The van der Waals surface area contributed by atoms with Crippen LogP contribution in [0.4, 0.5) is 34.1 Å². The van der Waals surface area contributed by atoms with E-state index >= 15 is 0 Å². The molecule has 0 unspecified atom stereocenters. The van der Waals surface area contributed by atoms with E-state index in [-0.39, 0.29) is 6.71 Å². The van der Waals surface area contributed by atoms with Crippen molar-refractivity contribution in [2.45, 2.75) is 0 Å². The van der Waals surface area contributed by atoms with Crippen LogP contribution >= 0.6 is 0 Å². The highest BCUT2D eigenvalue weighted by Gasteiger charge is 2.43. The first-order chi connectivity index (χ1) is 28.3. The van der Waals surface area contributed by atoms with Crippen LogP contribution in [-0.2, 0) is 0 Å². The summed E-state index contributed by atoms with van der Waals surface area (Å²) in [6.45, 7) is 0.0502. The van der Waals surface area contributed by atoms with Gasteiger partial charge in [-0.05, 0) is 109 Å². The lowest BCUT2D eigenvalue weighted by Gasteiger charge is -2.44. The molecule has 2 heterocycles. The number of para-hydroxylation sites is 3. The lowest BCUT2D eigenvalue weighted by Crippen LogP contribution is -2.61. The zero-order valence-corrected chi connectivity index (χ0v) is 31.3. The molecule has 11 rings (SSSR count). The van der Waals surface area contributed by atoms with Crippen molar-refractivity contribution in [1.29, 1.82) is 0 Å². The first-order valence-corrected chi connectivity index (χ1v) is 19.7. The number of hydrogen-bond acceptors (Lipinski definition) is 2. The molecule has 2 aliphatic rings. The van der Waals surface area contributed by atoms with Crippen LogP contribution < -0.4 is 26.2 Å². The fourth-order valence-corrected chi connectivity index (χ4v) is 9.19. The van der Waals surface area contributed by atoms with Gasteiger partial charge in [0, 0.05) is 34.1 Å². The summed E-state index contributed by atoms with van der Waals surface area (Å²) in [6.07, 6.45) is 0. The topological polar surface area (TPSA) is 6.48 Å². The van der Waals surface area contributed by atoms with Crippen LogP contribution in [0, 0.1) is 0 Å². The SMILES string of the molecule is c1ccc(-c2cc3c4c(c2)N(c2cc(-c5ccccc5)c(-c5ccccc5)c(-c5ccccc5)c2)c2ccccc2B4c2ccccc2N3c2ccccc2)cc1. The van der Waals surface area contributed by atoms with Crippen molar-refractivity contribution in [3.8, 4) is 44.5 Å². The molecule has 0 fully saturated rings.